The van der Waals surface area contributed by atoms with Crippen molar-refractivity contribution in [2.24, 2.45) is 0 Å². The van der Waals surface area contributed by atoms with E-state index in [0.717, 1.165) is 12.8 Å². The van der Waals surface area contributed by atoms with Gasteiger partial charge in [-0.25, -0.2) is 8.42 Å². The van der Waals surface area contributed by atoms with Crippen molar-refractivity contribution in [3.63, 3.8) is 0 Å². The summed E-state index contributed by atoms with van der Waals surface area (Å²) in [5.41, 5.74) is 1.19. The summed E-state index contributed by atoms with van der Waals surface area (Å²) in [4.78, 5) is 14.6. The van der Waals surface area contributed by atoms with Gasteiger partial charge in [0.15, 0.2) is 5.43 Å². The minimum absolute atomic E-state index is 0.114. The van der Waals surface area contributed by atoms with Crippen molar-refractivity contribution in [3.8, 4) is 11.3 Å². The summed E-state index contributed by atoms with van der Waals surface area (Å²) in [6, 6.07) is 9.57. The molecule has 1 saturated heterocycles. The molecule has 0 unspecified atom stereocenters. The second-order valence-electron chi connectivity index (χ2n) is 5.08. The van der Waals surface area contributed by atoms with Gasteiger partial charge in [-0.1, -0.05) is 12.1 Å². The van der Waals surface area contributed by atoms with Crippen molar-refractivity contribution < 1.29 is 8.42 Å². The van der Waals surface area contributed by atoms with Crippen molar-refractivity contribution in [3.05, 3.63) is 52.8 Å². The van der Waals surface area contributed by atoms with Gasteiger partial charge in [-0.05, 0) is 30.5 Å². The highest BCUT2D eigenvalue weighted by Crippen LogP contribution is 2.24. The number of pyridine rings is 1. The van der Waals surface area contributed by atoms with E-state index in [2.05, 4.69) is 4.98 Å². The maximum Gasteiger partial charge on any atom is 0.243 e. The van der Waals surface area contributed by atoms with Gasteiger partial charge in [0.25, 0.3) is 0 Å². The van der Waals surface area contributed by atoms with Crippen molar-refractivity contribution in [2.75, 3.05) is 13.1 Å². The highest BCUT2D eigenvalue weighted by molar-refractivity contribution is 7.89. The number of benzene rings is 1. The highest BCUT2D eigenvalue weighted by atomic mass is 32.2. The Kier molecular flexibility index (Phi) is 3.65. The van der Waals surface area contributed by atoms with E-state index in [0.29, 0.717) is 24.3 Å². The minimum atomic E-state index is -3.44. The zero-order valence-electron chi connectivity index (χ0n) is 11.5. The molecule has 1 aromatic carbocycles. The quantitative estimate of drug-likeness (QED) is 0.940. The molecule has 0 bridgehead atoms. The van der Waals surface area contributed by atoms with Crippen LogP contribution in [0.15, 0.2) is 52.3 Å². The lowest BCUT2D eigenvalue weighted by Crippen LogP contribution is -2.27. The van der Waals surface area contributed by atoms with Crippen LogP contribution in [0, 0.1) is 0 Å². The summed E-state index contributed by atoms with van der Waals surface area (Å²) < 4.78 is 26.6. The first kappa shape index (κ1) is 14.0. The van der Waals surface area contributed by atoms with Gasteiger partial charge in [-0.15, -0.1) is 0 Å². The zero-order chi connectivity index (χ0) is 14.9. The van der Waals surface area contributed by atoms with Crippen LogP contribution < -0.4 is 5.43 Å². The fourth-order valence-electron chi connectivity index (χ4n) is 2.51. The largest absolute Gasteiger partial charge is 0.361 e. The van der Waals surface area contributed by atoms with Gasteiger partial charge in [-0.3, -0.25) is 4.79 Å². The molecule has 21 heavy (non-hydrogen) atoms. The number of H-pyrrole nitrogens is 1. The van der Waals surface area contributed by atoms with Gasteiger partial charge >= 0.3 is 0 Å². The van der Waals surface area contributed by atoms with Crippen molar-refractivity contribution >= 4 is 10.0 Å². The molecule has 110 valence electrons. The lowest BCUT2D eigenvalue weighted by atomic mass is 10.1. The van der Waals surface area contributed by atoms with Gasteiger partial charge in [-0.2, -0.15) is 4.31 Å². The number of hydrogen-bond acceptors (Lipinski definition) is 3. The summed E-state index contributed by atoms with van der Waals surface area (Å²) in [5.74, 6) is 0. The molecule has 0 atom stereocenters. The normalized spacial score (nSPS) is 16.2. The molecule has 1 aromatic heterocycles. The van der Waals surface area contributed by atoms with Crippen LogP contribution in [0.5, 0.6) is 0 Å². The average Bonchev–Trinajstić information content (AvgIpc) is 3.02. The predicted octanol–water partition coefficient (Wildman–Crippen LogP) is 1.83. The van der Waals surface area contributed by atoms with Gasteiger partial charge in [0.05, 0.1) is 4.90 Å². The SMILES string of the molecule is O=c1cc[nH]c(-c2cccc(S(=O)(=O)N3CCCC3)c2)c1. The second-order valence-corrected chi connectivity index (χ2v) is 7.02. The van der Waals surface area contributed by atoms with Crippen LogP contribution in [0.25, 0.3) is 11.3 Å². The summed E-state index contributed by atoms with van der Waals surface area (Å²) in [6.07, 6.45) is 3.37. The third-order valence-corrected chi connectivity index (χ3v) is 5.52. The van der Waals surface area contributed by atoms with E-state index in [9.17, 15) is 13.2 Å². The molecule has 2 aromatic rings. The molecule has 1 fully saturated rings. The number of aromatic amines is 1. The lowest BCUT2D eigenvalue weighted by Gasteiger charge is -2.16. The fourth-order valence-corrected chi connectivity index (χ4v) is 4.08. The van der Waals surface area contributed by atoms with Gasteiger partial charge in [0, 0.05) is 37.1 Å². The van der Waals surface area contributed by atoms with E-state index >= 15 is 0 Å². The average molecular weight is 304 g/mol. The molecule has 5 nitrogen and oxygen atoms in total. The fraction of sp³-hybridized carbons (Fsp3) is 0.267. The molecule has 0 aliphatic carbocycles. The minimum Gasteiger partial charge on any atom is -0.361 e. The van der Waals surface area contributed by atoms with Crippen LogP contribution >= 0.6 is 0 Å². The molecule has 0 amide bonds. The topological polar surface area (TPSA) is 70.2 Å². The van der Waals surface area contributed by atoms with E-state index < -0.39 is 10.0 Å². The Morgan fingerprint density at radius 1 is 1.05 bits per heavy atom. The van der Waals surface area contributed by atoms with E-state index in [1.807, 2.05) is 0 Å². The van der Waals surface area contributed by atoms with Crippen LogP contribution in [-0.2, 0) is 10.0 Å². The molecule has 1 N–H and O–H groups in total. The molecule has 0 saturated carbocycles. The van der Waals surface area contributed by atoms with Crippen molar-refractivity contribution in [2.45, 2.75) is 17.7 Å². The van der Waals surface area contributed by atoms with Gasteiger partial charge in [0.1, 0.15) is 0 Å². The zero-order valence-corrected chi connectivity index (χ0v) is 12.3. The lowest BCUT2D eigenvalue weighted by molar-refractivity contribution is 0.477. The monoisotopic (exact) mass is 304 g/mol. The number of sulfonamides is 1. The van der Waals surface area contributed by atoms with Crippen LogP contribution in [0.2, 0.25) is 0 Å². The maximum absolute atomic E-state index is 12.5. The smallest absolute Gasteiger partial charge is 0.243 e. The number of nitrogens with zero attached hydrogens (tertiary/aromatic N) is 1. The molecular weight excluding hydrogens is 288 g/mol. The molecule has 3 rings (SSSR count). The third kappa shape index (κ3) is 2.77. The van der Waals surface area contributed by atoms with Crippen molar-refractivity contribution in [1.29, 1.82) is 0 Å². The van der Waals surface area contributed by atoms with E-state index in [1.165, 1.54) is 16.4 Å². The maximum atomic E-state index is 12.5. The Morgan fingerprint density at radius 2 is 1.81 bits per heavy atom. The Labute approximate surface area is 123 Å². The summed E-state index contributed by atoms with van der Waals surface area (Å²) in [7, 11) is -3.44. The molecular formula is C15H16N2O3S. The molecule has 2 heterocycles. The molecule has 1 aliphatic heterocycles. The molecule has 0 spiro atoms. The number of aromatic nitrogens is 1. The van der Waals surface area contributed by atoms with Crippen LogP contribution in [0.1, 0.15) is 12.8 Å². The van der Waals surface area contributed by atoms with E-state index in [-0.39, 0.29) is 10.3 Å². The van der Waals surface area contributed by atoms with E-state index in [4.69, 9.17) is 0 Å². The van der Waals surface area contributed by atoms with Crippen LogP contribution in [0.3, 0.4) is 0 Å². The summed E-state index contributed by atoms with van der Waals surface area (Å²) in [6.45, 7) is 1.16. The highest BCUT2D eigenvalue weighted by Gasteiger charge is 2.27. The Bertz CT molecular complexity index is 805. The van der Waals surface area contributed by atoms with Crippen LogP contribution in [0.4, 0.5) is 0 Å². The van der Waals surface area contributed by atoms with Crippen molar-refractivity contribution in [1.82, 2.24) is 9.29 Å². The third-order valence-electron chi connectivity index (χ3n) is 3.62. The van der Waals surface area contributed by atoms with Gasteiger partial charge in [0.2, 0.25) is 10.0 Å². The number of nitrogens with one attached hydrogen (secondary N) is 1. The molecule has 6 heteroatoms. The molecule has 1 aliphatic rings. The standard InChI is InChI=1S/C15H16N2O3S/c18-13-6-7-16-15(11-13)12-4-3-5-14(10-12)21(19,20)17-8-1-2-9-17/h3-7,10-11H,1-2,8-9H2,(H,16,18). The first-order chi connectivity index (χ1) is 10.1. The summed E-state index contributed by atoms with van der Waals surface area (Å²) in [5, 5.41) is 0. The Morgan fingerprint density at radius 3 is 2.52 bits per heavy atom. The molecule has 0 radical (unpaired) electrons. The predicted molar refractivity (Wildman–Crippen MR) is 80.5 cm³/mol. The number of hydrogen-bond donors (Lipinski definition) is 1. The first-order valence-corrected chi connectivity index (χ1v) is 8.31. The second kappa shape index (κ2) is 5.46. The van der Waals surface area contributed by atoms with Crippen LogP contribution in [-0.4, -0.2) is 30.8 Å². The summed E-state index contributed by atoms with van der Waals surface area (Å²) >= 11 is 0. The first-order valence-electron chi connectivity index (χ1n) is 6.87. The Hall–Kier alpha value is -1.92. The van der Waals surface area contributed by atoms with Gasteiger partial charge < -0.3 is 4.98 Å². The Balaban J connectivity index is 2.02. The number of rotatable bonds is 3. The van der Waals surface area contributed by atoms with E-state index in [1.54, 1.807) is 30.5 Å².